The van der Waals surface area contributed by atoms with Gasteiger partial charge in [-0.2, -0.15) is 5.10 Å². The lowest BCUT2D eigenvalue weighted by Gasteiger charge is -2.17. The van der Waals surface area contributed by atoms with E-state index in [1.54, 1.807) is 17.9 Å². The van der Waals surface area contributed by atoms with Gasteiger partial charge in [0.25, 0.3) is 0 Å². The fourth-order valence-electron chi connectivity index (χ4n) is 1.76. The van der Waals surface area contributed by atoms with Crippen LogP contribution in [0.1, 0.15) is 17.7 Å². The average molecular weight is 181 g/mol. The fourth-order valence-corrected chi connectivity index (χ4v) is 1.76. The normalized spacial score (nSPS) is 26.0. The second-order valence-corrected chi connectivity index (χ2v) is 3.44. The largest absolute Gasteiger partial charge is 0.480 e. The van der Waals surface area contributed by atoms with Crippen LogP contribution in [0.5, 0.6) is 0 Å². The molecule has 0 spiro atoms. The number of hydrogen-bond acceptors (Lipinski definition) is 3. The lowest BCUT2D eigenvalue weighted by molar-refractivity contribution is -0.143. The van der Waals surface area contributed by atoms with E-state index in [9.17, 15) is 4.79 Å². The van der Waals surface area contributed by atoms with Crippen molar-refractivity contribution in [3.63, 3.8) is 0 Å². The molecule has 2 rings (SSSR count). The molecule has 1 atom stereocenters. The molecule has 0 saturated heterocycles. The zero-order valence-electron chi connectivity index (χ0n) is 7.32. The van der Waals surface area contributed by atoms with Crippen molar-refractivity contribution in [2.75, 3.05) is 0 Å². The molecule has 0 fully saturated rings. The lowest BCUT2D eigenvalue weighted by atomic mass is 9.96. The Hall–Kier alpha value is -1.36. The summed E-state index contributed by atoms with van der Waals surface area (Å²) in [6.07, 6.45) is 2.79. The van der Waals surface area contributed by atoms with Crippen LogP contribution in [0, 0.1) is 0 Å². The van der Waals surface area contributed by atoms with Crippen LogP contribution in [0.2, 0.25) is 0 Å². The molecule has 3 N–H and O–H groups in total. The Balaban J connectivity index is 2.53. The summed E-state index contributed by atoms with van der Waals surface area (Å²) < 4.78 is 1.61. The minimum Gasteiger partial charge on any atom is -0.480 e. The summed E-state index contributed by atoms with van der Waals surface area (Å²) in [5.41, 5.74) is 6.02. The Labute approximate surface area is 75.2 Å². The highest BCUT2D eigenvalue weighted by Gasteiger charge is 2.43. The van der Waals surface area contributed by atoms with Crippen LogP contribution in [0.15, 0.2) is 6.20 Å². The van der Waals surface area contributed by atoms with Gasteiger partial charge in [0.05, 0.1) is 5.69 Å². The Morgan fingerprint density at radius 3 is 3.15 bits per heavy atom. The van der Waals surface area contributed by atoms with Crippen LogP contribution in [-0.4, -0.2) is 20.9 Å². The molecule has 0 radical (unpaired) electrons. The van der Waals surface area contributed by atoms with E-state index >= 15 is 0 Å². The van der Waals surface area contributed by atoms with Gasteiger partial charge in [-0.25, -0.2) is 4.79 Å². The first-order valence-electron chi connectivity index (χ1n) is 4.09. The monoisotopic (exact) mass is 181 g/mol. The molecule has 1 aromatic heterocycles. The topological polar surface area (TPSA) is 81.1 Å². The molecule has 0 aliphatic heterocycles. The first-order chi connectivity index (χ1) is 6.04. The van der Waals surface area contributed by atoms with E-state index in [0.29, 0.717) is 18.4 Å². The van der Waals surface area contributed by atoms with Gasteiger partial charge in [-0.15, -0.1) is 0 Å². The van der Waals surface area contributed by atoms with E-state index in [1.807, 2.05) is 0 Å². The summed E-state index contributed by atoms with van der Waals surface area (Å²) in [4.78, 5) is 10.9. The van der Waals surface area contributed by atoms with Crippen molar-refractivity contribution in [3.8, 4) is 0 Å². The van der Waals surface area contributed by atoms with Gasteiger partial charge in [0.1, 0.15) is 5.54 Å². The zero-order chi connectivity index (χ0) is 9.64. The molecular weight excluding hydrogens is 170 g/mol. The van der Waals surface area contributed by atoms with Gasteiger partial charge in [-0.1, -0.05) is 0 Å². The Kier molecular flexibility index (Phi) is 1.47. The molecule has 1 heterocycles. The van der Waals surface area contributed by atoms with Crippen LogP contribution in [0.3, 0.4) is 0 Å². The lowest BCUT2D eigenvalue weighted by Crippen LogP contribution is -2.42. The van der Waals surface area contributed by atoms with Crippen LogP contribution in [0.4, 0.5) is 0 Å². The standard InChI is InChI=1S/C8H11N3O2/c1-11-4-5-6(10-11)2-3-8(5,9)7(12)13/h4H,2-3,9H2,1H3,(H,12,13). The Morgan fingerprint density at radius 1 is 1.85 bits per heavy atom. The van der Waals surface area contributed by atoms with Crippen molar-refractivity contribution in [2.24, 2.45) is 12.8 Å². The third-order valence-electron chi connectivity index (χ3n) is 2.52. The minimum atomic E-state index is -1.22. The number of nitrogens with two attached hydrogens (primary N) is 1. The molecule has 0 bridgehead atoms. The molecule has 70 valence electrons. The number of rotatable bonds is 1. The molecule has 1 aliphatic rings. The Morgan fingerprint density at radius 2 is 2.54 bits per heavy atom. The van der Waals surface area contributed by atoms with Crippen molar-refractivity contribution >= 4 is 5.97 Å². The second-order valence-electron chi connectivity index (χ2n) is 3.44. The molecule has 13 heavy (non-hydrogen) atoms. The van der Waals surface area contributed by atoms with Crippen LogP contribution in [0.25, 0.3) is 0 Å². The highest BCUT2D eigenvalue weighted by atomic mass is 16.4. The van der Waals surface area contributed by atoms with Crippen LogP contribution < -0.4 is 5.73 Å². The molecule has 1 aliphatic carbocycles. The van der Waals surface area contributed by atoms with Crippen molar-refractivity contribution < 1.29 is 9.90 Å². The summed E-state index contributed by atoms with van der Waals surface area (Å²) in [6.45, 7) is 0. The zero-order valence-corrected chi connectivity index (χ0v) is 7.32. The molecule has 5 heteroatoms. The van der Waals surface area contributed by atoms with Crippen molar-refractivity contribution in [1.29, 1.82) is 0 Å². The van der Waals surface area contributed by atoms with Gasteiger partial charge in [-0.05, 0) is 12.8 Å². The van der Waals surface area contributed by atoms with Gasteiger partial charge >= 0.3 is 5.97 Å². The second kappa shape index (κ2) is 2.32. The number of carboxylic acids is 1. The first-order valence-corrected chi connectivity index (χ1v) is 4.09. The predicted molar refractivity (Wildman–Crippen MR) is 45.0 cm³/mol. The molecule has 1 unspecified atom stereocenters. The van der Waals surface area contributed by atoms with Crippen molar-refractivity contribution in [2.45, 2.75) is 18.4 Å². The number of aliphatic carboxylic acids is 1. The molecule has 1 aromatic rings. The third-order valence-corrected chi connectivity index (χ3v) is 2.52. The number of aromatic nitrogens is 2. The average Bonchev–Trinajstić information content (AvgIpc) is 2.53. The maximum absolute atomic E-state index is 10.9. The van der Waals surface area contributed by atoms with E-state index in [-0.39, 0.29) is 0 Å². The van der Waals surface area contributed by atoms with E-state index in [1.165, 1.54) is 0 Å². The maximum atomic E-state index is 10.9. The highest BCUT2D eigenvalue weighted by molar-refractivity contribution is 5.81. The molecule has 0 saturated carbocycles. The number of aryl methyl sites for hydroxylation is 2. The smallest absolute Gasteiger partial charge is 0.328 e. The summed E-state index contributed by atoms with van der Waals surface area (Å²) >= 11 is 0. The van der Waals surface area contributed by atoms with E-state index < -0.39 is 11.5 Å². The van der Waals surface area contributed by atoms with Crippen LogP contribution >= 0.6 is 0 Å². The minimum absolute atomic E-state index is 0.445. The van der Waals surface area contributed by atoms with Gasteiger partial charge in [0.2, 0.25) is 0 Å². The molecular formula is C8H11N3O2. The van der Waals surface area contributed by atoms with E-state index in [0.717, 1.165) is 5.69 Å². The molecule has 0 aromatic carbocycles. The summed E-state index contributed by atoms with van der Waals surface area (Å²) in [5, 5.41) is 13.1. The van der Waals surface area contributed by atoms with Gasteiger partial charge in [0, 0.05) is 18.8 Å². The first kappa shape index (κ1) is 8.25. The number of carbonyl (C=O) groups is 1. The van der Waals surface area contributed by atoms with Gasteiger partial charge < -0.3 is 10.8 Å². The predicted octanol–water partition coefficient (Wildman–Crippen LogP) is -0.395. The number of fused-ring (bicyclic) bond motifs is 1. The molecule has 5 nitrogen and oxygen atoms in total. The van der Waals surface area contributed by atoms with Crippen LogP contribution in [-0.2, 0) is 23.8 Å². The van der Waals surface area contributed by atoms with Crippen molar-refractivity contribution in [3.05, 3.63) is 17.5 Å². The fraction of sp³-hybridized carbons (Fsp3) is 0.500. The summed E-state index contributed by atoms with van der Waals surface area (Å²) in [6, 6.07) is 0. The number of hydrogen-bond donors (Lipinski definition) is 2. The summed E-state index contributed by atoms with van der Waals surface area (Å²) in [7, 11) is 1.76. The van der Waals surface area contributed by atoms with Gasteiger partial charge in [0.15, 0.2) is 0 Å². The summed E-state index contributed by atoms with van der Waals surface area (Å²) in [5.74, 6) is -0.973. The number of nitrogens with zero attached hydrogens (tertiary/aromatic N) is 2. The van der Waals surface area contributed by atoms with E-state index in [2.05, 4.69) is 5.10 Å². The van der Waals surface area contributed by atoms with Gasteiger partial charge in [-0.3, -0.25) is 4.68 Å². The Bertz CT molecular complexity index is 371. The van der Waals surface area contributed by atoms with Crippen molar-refractivity contribution in [1.82, 2.24) is 9.78 Å². The third kappa shape index (κ3) is 0.968. The number of carboxylic acid groups (broad SMARTS) is 1. The van der Waals surface area contributed by atoms with E-state index in [4.69, 9.17) is 10.8 Å². The molecule has 0 amide bonds. The maximum Gasteiger partial charge on any atom is 0.328 e. The SMILES string of the molecule is Cn1cc2c(n1)CCC2(N)C(=O)O. The quantitative estimate of drug-likeness (QED) is 0.618. The highest BCUT2D eigenvalue weighted by Crippen LogP contribution is 2.33.